The average molecular weight is 318 g/mol. The van der Waals surface area contributed by atoms with Crippen LogP contribution in [0, 0.1) is 13.8 Å². The lowest BCUT2D eigenvalue weighted by Crippen LogP contribution is -2.04. The molecule has 0 fully saturated rings. The number of hydrogen-bond donors (Lipinski definition) is 0. The van der Waals surface area contributed by atoms with E-state index in [1.807, 2.05) is 61.5 Å². The summed E-state index contributed by atoms with van der Waals surface area (Å²) in [5, 5.41) is 0. The highest BCUT2D eigenvalue weighted by Gasteiger charge is 2.17. The molecule has 0 aliphatic rings. The first-order chi connectivity index (χ1) is 11.5. The highest BCUT2D eigenvalue weighted by molar-refractivity contribution is 5.56. The second kappa shape index (κ2) is 6.83. The van der Waals surface area contributed by atoms with Crippen molar-refractivity contribution >= 4 is 0 Å². The number of benzene rings is 2. The van der Waals surface area contributed by atoms with Crippen molar-refractivity contribution in [2.45, 2.75) is 33.6 Å². The van der Waals surface area contributed by atoms with Gasteiger partial charge in [-0.1, -0.05) is 61.9 Å². The number of rotatable bonds is 4. The lowest BCUT2D eigenvalue weighted by molar-refractivity contribution is 0.451. The molecule has 1 aromatic heterocycles. The monoisotopic (exact) mass is 318 g/mol. The van der Waals surface area contributed by atoms with Gasteiger partial charge in [0.05, 0.1) is 0 Å². The van der Waals surface area contributed by atoms with Crippen molar-refractivity contribution < 1.29 is 4.74 Å². The smallest absolute Gasteiger partial charge is 0.226 e. The summed E-state index contributed by atoms with van der Waals surface area (Å²) in [5.74, 6) is 2.41. The minimum absolute atomic E-state index is 0.287. The summed E-state index contributed by atoms with van der Waals surface area (Å²) < 4.78 is 6.12. The Morgan fingerprint density at radius 2 is 1.50 bits per heavy atom. The van der Waals surface area contributed by atoms with E-state index in [9.17, 15) is 0 Å². The molecule has 0 spiro atoms. The molecule has 0 bridgehead atoms. The zero-order valence-electron chi connectivity index (χ0n) is 14.6. The molecule has 3 rings (SSSR count). The molecular formula is C21H22N2O. The maximum atomic E-state index is 6.12. The van der Waals surface area contributed by atoms with Gasteiger partial charge in [-0.3, -0.25) is 0 Å². The van der Waals surface area contributed by atoms with E-state index < -0.39 is 0 Å². The minimum atomic E-state index is 0.287. The summed E-state index contributed by atoms with van der Waals surface area (Å²) in [4.78, 5) is 9.40. The Bertz CT molecular complexity index is 824. The zero-order valence-corrected chi connectivity index (χ0v) is 14.6. The molecule has 3 aromatic rings. The molecule has 0 atom stereocenters. The maximum Gasteiger partial charge on any atom is 0.226 e. The van der Waals surface area contributed by atoms with E-state index >= 15 is 0 Å². The van der Waals surface area contributed by atoms with Crippen molar-refractivity contribution in [3.05, 3.63) is 71.4 Å². The van der Waals surface area contributed by atoms with E-state index in [2.05, 4.69) is 25.8 Å². The zero-order chi connectivity index (χ0) is 17.1. The molecule has 0 aliphatic heterocycles. The summed E-state index contributed by atoms with van der Waals surface area (Å²) in [6.07, 6.45) is 0. The van der Waals surface area contributed by atoms with Crippen molar-refractivity contribution in [3.8, 4) is 23.0 Å². The number of aryl methyl sites for hydroxylation is 2. The Kier molecular flexibility index (Phi) is 4.61. The molecule has 24 heavy (non-hydrogen) atoms. The summed E-state index contributed by atoms with van der Waals surface area (Å²) in [6.45, 7) is 8.35. The van der Waals surface area contributed by atoms with Crippen molar-refractivity contribution in [1.29, 1.82) is 0 Å². The van der Waals surface area contributed by atoms with Crippen LogP contribution in [0.3, 0.4) is 0 Å². The molecule has 3 heteroatoms. The predicted octanol–water partition coefficient (Wildman–Crippen LogP) is 5.68. The van der Waals surface area contributed by atoms with Crippen molar-refractivity contribution in [2.75, 3.05) is 0 Å². The number of ether oxygens (including phenoxy) is 1. The fourth-order valence-electron chi connectivity index (χ4n) is 2.73. The van der Waals surface area contributed by atoms with Gasteiger partial charge in [0.2, 0.25) is 5.88 Å². The molecule has 122 valence electrons. The molecule has 0 saturated carbocycles. The largest absolute Gasteiger partial charge is 0.439 e. The molecular weight excluding hydrogens is 296 g/mol. The van der Waals surface area contributed by atoms with E-state index in [-0.39, 0.29) is 5.92 Å². The van der Waals surface area contributed by atoms with Gasteiger partial charge in [-0.25, -0.2) is 4.98 Å². The van der Waals surface area contributed by atoms with Gasteiger partial charge in [0.25, 0.3) is 0 Å². The summed E-state index contributed by atoms with van der Waals surface area (Å²) in [7, 11) is 0. The van der Waals surface area contributed by atoms with Crippen LogP contribution in [0.1, 0.15) is 36.6 Å². The first-order valence-corrected chi connectivity index (χ1v) is 8.23. The normalized spacial score (nSPS) is 10.9. The van der Waals surface area contributed by atoms with E-state index in [1.54, 1.807) is 0 Å². The van der Waals surface area contributed by atoms with Crippen molar-refractivity contribution in [2.24, 2.45) is 0 Å². The van der Waals surface area contributed by atoms with E-state index in [0.717, 1.165) is 22.6 Å². The van der Waals surface area contributed by atoms with Gasteiger partial charge >= 0.3 is 0 Å². The van der Waals surface area contributed by atoms with E-state index in [4.69, 9.17) is 9.72 Å². The number of aromatic nitrogens is 2. The third kappa shape index (κ3) is 3.46. The van der Waals surface area contributed by atoms with Crippen LogP contribution in [0.25, 0.3) is 11.4 Å². The second-order valence-electron chi connectivity index (χ2n) is 6.29. The second-order valence-corrected chi connectivity index (χ2v) is 6.29. The van der Waals surface area contributed by atoms with Crippen LogP contribution in [0.4, 0.5) is 0 Å². The Morgan fingerprint density at radius 1 is 0.833 bits per heavy atom. The molecule has 0 N–H and O–H groups in total. The molecule has 0 unspecified atom stereocenters. The Hall–Kier alpha value is -2.68. The summed E-state index contributed by atoms with van der Waals surface area (Å²) >= 11 is 0. The highest BCUT2D eigenvalue weighted by atomic mass is 16.5. The van der Waals surface area contributed by atoms with E-state index in [0.29, 0.717) is 11.7 Å². The van der Waals surface area contributed by atoms with Gasteiger partial charge in [0.15, 0.2) is 5.82 Å². The molecule has 2 aromatic carbocycles. The number of nitrogens with zero attached hydrogens (tertiary/aromatic N) is 2. The quantitative estimate of drug-likeness (QED) is 0.621. The molecule has 1 heterocycles. The standard InChI is InChI=1S/C21H22N2O/c1-14(2)19-16(4)22-20(17-8-6-5-7-9-17)23-21(19)24-18-12-10-15(3)11-13-18/h5-14H,1-4H3. The van der Waals surface area contributed by atoms with Crippen molar-refractivity contribution in [1.82, 2.24) is 9.97 Å². The maximum absolute atomic E-state index is 6.12. The summed E-state index contributed by atoms with van der Waals surface area (Å²) in [5.41, 5.74) is 4.20. The van der Waals surface area contributed by atoms with Gasteiger partial charge in [0.1, 0.15) is 5.75 Å². The summed E-state index contributed by atoms with van der Waals surface area (Å²) in [6, 6.07) is 18.0. The van der Waals surface area contributed by atoms with Crippen LogP contribution in [0.5, 0.6) is 11.6 Å². The molecule has 3 nitrogen and oxygen atoms in total. The van der Waals surface area contributed by atoms with Crippen molar-refractivity contribution in [3.63, 3.8) is 0 Å². The van der Waals surface area contributed by atoms with Crippen LogP contribution >= 0.6 is 0 Å². The predicted molar refractivity (Wildman–Crippen MR) is 97.5 cm³/mol. The fraction of sp³-hybridized carbons (Fsp3) is 0.238. The molecule has 0 aliphatic carbocycles. The first-order valence-electron chi connectivity index (χ1n) is 8.23. The van der Waals surface area contributed by atoms with Gasteiger partial charge in [-0.2, -0.15) is 4.98 Å². The SMILES string of the molecule is Cc1ccc(Oc2nc(-c3ccccc3)nc(C)c2C(C)C)cc1. The van der Waals surface area contributed by atoms with Crippen LogP contribution in [-0.2, 0) is 0 Å². The van der Waals surface area contributed by atoms with Gasteiger partial charge in [0, 0.05) is 16.8 Å². The fourth-order valence-corrected chi connectivity index (χ4v) is 2.73. The van der Waals surface area contributed by atoms with Crippen LogP contribution in [0.2, 0.25) is 0 Å². The lowest BCUT2D eigenvalue weighted by atomic mass is 10.0. The van der Waals surface area contributed by atoms with E-state index in [1.165, 1.54) is 5.56 Å². The third-order valence-corrected chi connectivity index (χ3v) is 3.95. The Labute approximate surface area is 143 Å². The third-order valence-electron chi connectivity index (χ3n) is 3.95. The topological polar surface area (TPSA) is 35.0 Å². The van der Waals surface area contributed by atoms with Crippen LogP contribution in [0.15, 0.2) is 54.6 Å². The minimum Gasteiger partial charge on any atom is -0.439 e. The lowest BCUT2D eigenvalue weighted by Gasteiger charge is -2.16. The molecule has 0 saturated heterocycles. The van der Waals surface area contributed by atoms with Gasteiger partial charge in [-0.05, 0) is 31.9 Å². The number of hydrogen-bond acceptors (Lipinski definition) is 3. The van der Waals surface area contributed by atoms with Gasteiger partial charge in [-0.15, -0.1) is 0 Å². The first kappa shape index (κ1) is 16.2. The Morgan fingerprint density at radius 3 is 2.12 bits per heavy atom. The molecule has 0 radical (unpaired) electrons. The Balaban J connectivity index is 2.07. The van der Waals surface area contributed by atoms with Crippen LogP contribution in [-0.4, -0.2) is 9.97 Å². The van der Waals surface area contributed by atoms with Gasteiger partial charge < -0.3 is 4.74 Å². The highest BCUT2D eigenvalue weighted by Crippen LogP contribution is 2.32. The average Bonchev–Trinajstić information content (AvgIpc) is 2.57. The molecule has 0 amide bonds. The van der Waals surface area contributed by atoms with Crippen LogP contribution < -0.4 is 4.74 Å².